The Hall–Kier alpha value is -1.20. The zero-order valence-corrected chi connectivity index (χ0v) is 15.0. The van der Waals surface area contributed by atoms with Gasteiger partial charge in [-0.05, 0) is 44.6 Å². The van der Waals surface area contributed by atoms with E-state index in [4.69, 9.17) is 0 Å². The smallest absolute Gasteiger partial charge is 0.225 e. The Morgan fingerprint density at radius 3 is 2.46 bits per heavy atom. The molecule has 2 heterocycles. The van der Waals surface area contributed by atoms with Crippen molar-refractivity contribution in [3.8, 4) is 0 Å². The molecular formula is C19H31N5. The Bertz CT molecular complexity index is 519. The van der Waals surface area contributed by atoms with Crippen LogP contribution in [-0.4, -0.2) is 54.1 Å². The lowest BCUT2D eigenvalue weighted by atomic mass is 9.82. The summed E-state index contributed by atoms with van der Waals surface area (Å²) in [5.41, 5.74) is 1.21. The van der Waals surface area contributed by atoms with Crippen molar-refractivity contribution in [3.05, 3.63) is 18.0 Å². The van der Waals surface area contributed by atoms with Crippen molar-refractivity contribution >= 4 is 5.95 Å². The van der Waals surface area contributed by atoms with E-state index in [-0.39, 0.29) is 0 Å². The van der Waals surface area contributed by atoms with E-state index < -0.39 is 0 Å². The van der Waals surface area contributed by atoms with Crippen LogP contribution in [-0.2, 0) is 6.54 Å². The van der Waals surface area contributed by atoms with E-state index in [1.807, 2.05) is 12.4 Å². The van der Waals surface area contributed by atoms with E-state index in [0.717, 1.165) is 50.5 Å². The average Bonchev–Trinajstić information content (AvgIpc) is 3.47. The van der Waals surface area contributed by atoms with Crippen LogP contribution >= 0.6 is 0 Å². The summed E-state index contributed by atoms with van der Waals surface area (Å²) < 4.78 is 0. The summed E-state index contributed by atoms with van der Waals surface area (Å²) in [6, 6.07) is 0.696. The molecule has 2 saturated carbocycles. The number of nitrogens with one attached hydrogen (secondary N) is 1. The highest BCUT2D eigenvalue weighted by Crippen LogP contribution is 2.43. The maximum Gasteiger partial charge on any atom is 0.225 e. The van der Waals surface area contributed by atoms with Crippen LogP contribution < -0.4 is 10.2 Å². The van der Waals surface area contributed by atoms with Crippen LogP contribution in [0.15, 0.2) is 12.4 Å². The quantitative estimate of drug-likeness (QED) is 0.898. The molecule has 2 atom stereocenters. The van der Waals surface area contributed by atoms with Gasteiger partial charge in [-0.25, -0.2) is 9.97 Å². The van der Waals surface area contributed by atoms with Crippen LogP contribution in [0.2, 0.25) is 0 Å². The summed E-state index contributed by atoms with van der Waals surface area (Å²) in [5, 5.41) is 3.76. The number of piperazine rings is 1. The van der Waals surface area contributed by atoms with Gasteiger partial charge in [-0.3, -0.25) is 0 Å². The first-order valence-corrected chi connectivity index (χ1v) is 9.76. The summed E-state index contributed by atoms with van der Waals surface area (Å²) in [6.07, 6.45) is 12.6. The van der Waals surface area contributed by atoms with Gasteiger partial charge in [-0.1, -0.05) is 12.8 Å². The fraction of sp³-hybridized carbons (Fsp3) is 0.789. The van der Waals surface area contributed by atoms with Gasteiger partial charge in [0.2, 0.25) is 5.95 Å². The normalized spacial score (nSPS) is 29.0. The molecule has 3 fully saturated rings. The SMILES string of the molecule is CN1CCN(c2ncc(CN[C@H]3CCC[C@@H](C4CC4)C3)cn2)CC1. The van der Waals surface area contributed by atoms with Crippen LogP contribution in [0.1, 0.15) is 44.1 Å². The van der Waals surface area contributed by atoms with Crippen LogP contribution in [0.3, 0.4) is 0 Å². The van der Waals surface area contributed by atoms with Crippen LogP contribution in [0.4, 0.5) is 5.95 Å². The molecule has 0 spiro atoms. The van der Waals surface area contributed by atoms with Gasteiger partial charge in [-0.15, -0.1) is 0 Å². The van der Waals surface area contributed by atoms with E-state index in [1.165, 1.54) is 44.1 Å². The van der Waals surface area contributed by atoms with Crippen molar-refractivity contribution < 1.29 is 0 Å². The van der Waals surface area contributed by atoms with Crippen molar-refractivity contribution in [3.63, 3.8) is 0 Å². The lowest BCUT2D eigenvalue weighted by Gasteiger charge is -2.32. The molecule has 1 saturated heterocycles. The van der Waals surface area contributed by atoms with Gasteiger partial charge in [-0.2, -0.15) is 0 Å². The molecular weight excluding hydrogens is 298 g/mol. The number of likely N-dealkylation sites (N-methyl/N-ethyl adjacent to an activating group) is 1. The van der Waals surface area contributed by atoms with Crippen molar-refractivity contribution in [1.82, 2.24) is 20.2 Å². The Kier molecular flexibility index (Phi) is 4.99. The molecule has 0 amide bonds. The monoisotopic (exact) mass is 329 g/mol. The average molecular weight is 329 g/mol. The summed E-state index contributed by atoms with van der Waals surface area (Å²) in [6.45, 7) is 5.15. The van der Waals surface area contributed by atoms with Crippen molar-refractivity contribution in [1.29, 1.82) is 0 Å². The third-order valence-electron chi connectivity index (χ3n) is 6.08. The number of aromatic nitrogens is 2. The Labute approximate surface area is 145 Å². The molecule has 24 heavy (non-hydrogen) atoms. The molecule has 1 aliphatic heterocycles. The first-order valence-electron chi connectivity index (χ1n) is 9.76. The molecule has 132 valence electrons. The van der Waals surface area contributed by atoms with Gasteiger partial charge in [0.05, 0.1) is 0 Å². The Morgan fingerprint density at radius 2 is 1.75 bits per heavy atom. The molecule has 5 heteroatoms. The molecule has 1 aromatic heterocycles. The lowest BCUT2D eigenvalue weighted by Crippen LogP contribution is -2.45. The molecule has 5 nitrogen and oxygen atoms in total. The molecule has 0 aromatic carbocycles. The largest absolute Gasteiger partial charge is 0.338 e. The van der Waals surface area contributed by atoms with Crippen molar-refractivity contribution in [2.75, 3.05) is 38.1 Å². The Balaban J connectivity index is 1.26. The fourth-order valence-corrected chi connectivity index (χ4v) is 4.28. The summed E-state index contributed by atoms with van der Waals surface area (Å²) in [7, 11) is 2.17. The first-order chi connectivity index (χ1) is 11.8. The summed E-state index contributed by atoms with van der Waals surface area (Å²) in [4.78, 5) is 13.8. The second-order valence-corrected chi connectivity index (χ2v) is 8.02. The summed E-state index contributed by atoms with van der Waals surface area (Å²) >= 11 is 0. The van der Waals surface area contributed by atoms with Crippen LogP contribution in [0.5, 0.6) is 0 Å². The van der Waals surface area contributed by atoms with E-state index in [1.54, 1.807) is 0 Å². The lowest BCUT2D eigenvalue weighted by molar-refractivity contribution is 0.260. The van der Waals surface area contributed by atoms with Gasteiger partial charge < -0.3 is 15.1 Å². The van der Waals surface area contributed by atoms with Crippen LogP contribution in [0, 0.1) is 11.8 Å². The standard InChI is InChI=1S/C19H31N5/c1-23-7-9-24(10-8-23)19-21-13-15(14-22-19)12-20-18-4-2-3-17(11-18)16-5-6-16/h13-14,16-18,20H,2-12H2,1H3/t17-,18+/m1/s1. The molecule has 0 radical (unpaired) electrons. The molecule has 1 aromatic rings. The maximum atomic E-state index is 4.60. The third-order valence-corrected chi connectivity index (χ3v) is 6.08. The van der Waals surface area contributed by atoms with Gasteiger partial charge in [0.15, 0.2) is 0 Å². The second kappa shape index (κ2) is 7.36. The van der Waals surface area contributed by atoms with Crippen LogP contribution in [0.25, 0.3) is 0 Å². The molecule has 3 aliphatic rings. The number of rotatable bonds is 5. The number of anilines is 1. The minimum absolute atomic E-state index is 0.696. The fourth-order valence-electron chi connectivity index (χ4n) is 4.28. The molecule has 0 bridgehead atoms. The summed E-state index contributed by atoms with van der Waals surface area (Å²) in [5.74, 6) is 2.94. The number of hydrogen-bond donors (Lipinski definition) is 1. The zero-order chi connectivity index (χ0) is 16.4. The molecule has 0 unspecified atom stereocenters. The van der Waals surface area contributed by atoms with E-state index in [0.29, 0.717) is 6.04 Å². The third kappa shape index (κ3) is 4.06. The van der Waals surface area contributed by atoms with E-state index in [9.17, 15) is 0 Å². The number of hydrogen-bond acceptors (Lipinski definition) is 5. The highest BCUT2D eigenvalue weighted by Gasteiger charge is 2.34. The number of nitrogens with zero attached hydrogens (tertiary/aromatic N) is 4. The van der Waals surface area contributed by atoms with Gasteiger partial charge in [0, 0.05) is 56.7 Å². The molecule has 1 N–H and O–H groups in total. The minimum Gasteiger partial charge on any atom is -0.338 e. The minimum atomic E-state index is 0.696. The zero-order valence-electron chi connectivity index (χ0n) is 15.0. The van der Waals surface area contributed by atoms with Gasteiger partial charge >= 0.3 is 0 Å². The highest BCUT2D eigenvalue weighted by molar-refractivity contribution is 5.30. The molecule has 4 rings (SSSR count). The van der Waals surface area contributed by atoms with Crippen molar-refractivity contribution in [2.24, 2.45) is 11.8 Å². The molecule has 2 aliphatic carbocycles. The van der Waals surface area contributed by atoms with E-state index in [2.05, 4.69) is 32.1 Å². The van der Waals surface area contributed by atoms with Gasteiger partial charge in [0.1, 0.15) is 0 Å². The predicted octanol–water partition coefficient (Wildman–Crippen LogP) is 2.29. The van der Waals surface area contributed by atoms with Gasteiger partial charge in [0.25, 0.3) is 0 Å². The Morgan fingerprint density at radius 1 is 1.00 bits per heavy atom. The highest BCUT2D eigenvalue weighted by atomic mass is 15.3. The maximum absolute atomic E-state index is 4.60. The second-order valence-electron chi connectivity index (χ2n) is 8.02. The topological polar surface area (TPSA) is 44.3 Å². The van der Waals surface area contributed by atoms with E-state index >= 15 is 0 Å². The first kappa shape index (κ1) is 16.3. The van der Waals surface area contributed by atoms with Crippen molar-refractivity contribution in [2.45, 2.75) is 51.1 Å². The predicted molar refractivity (Wildman–Crippen MR) is 97.1 cm³/mol.